The smallest absolute Gasteiger partial charge is 0.254 e. The fourth-order valence-electron chi connectivity index (χ4n) is 2.11. The minimum absolute atomic E-state index is 0.0538. The SMILES string of the molecule is CC1CN(C(=O)c2ccnc(N)c2)CC(C)S1. The van der Waals surface area contributed by atoms with Crippen molar-refractivity contribution in [2.45, 2.75) is 24.3 Å². The molecule has 4 nitrogen and oxygen atoms in total. The third kappa shape index (κ3) is 2.91. The molecule has 2 N–H and O–H groups in total. The number of carbonyl (C=O) groups is 1. The Morgan fingerprint density at radius 1 is 1.47 bits per heavy atom. The minimum Gasteiger partial charge on any atom is -0.384 e. The van der Waals surface area contributed by atoms with Crippen LogP contribution in [0.3, 0.4) is 0 Å². The van der Waals surface area contributed by atoms with E-state index in [1.165, 1.54) is 0 Å². The maximum absolute atomic E-state index is 12.3. The third-order valence-corrected chi connectivity index (χ3v) is 3.96. The van der Waals surface area contributed by atoms with E-state index in [0.29, 0.717) is 21.9 Å². The van der Waals surface area contributed by atoms with Gasteiger partial charge in [0, 0.05) is 35.3 Å². The van der Waals surface area contributed by atoms with E-state index in [2.05, 4.69) is 18.8 Å². The molecule has 1 amide bonds. The maximum Gasteiger partial charge on any atom is 0.254 e. The van der Waals surface area contributed by atoms with Gasteiger partial charge in [0.25, 0.3) is 5.91 Å². The summed E-state index contributed by atoms with van der Waals surface area (Å²) in [5.74, 6) is 0.446. The summed E-state index contributed by atoms with van der Waals surface area (Å²) in [4.78, 5) is 18.1. The Hall–Kier alpha value is -1.23. The number of anilines is 1. The number of thioether (sulfide) groups is 1. The average molecular weight is 251 g/mol. The van der Waals surface area contributed by atoms with Crippen LogP contribution in [0.4, 0.5) is 5.82 Å². The van der Waals surface area contributed by atoms with Crippen LogP contribution >= 0.6 is 11.8 Å². The van der Waals surface area contributed by atoms with Crippen molar-refractivity contribution < 1.29 is 4.79 Å². The van der Waals surface area contributed by atoms with E-state index in [9.17, 15) is 4.79 Å². The van der Waals surface area contributed by atoms with E-state index in [1.54, 1.807) is 18.3 Å². The summed E-state index contributed by atoms with van der Waals surface area (Å²) in [6.07, 6.45) is 1.58. The first kappa shape index (κ1) is 12.2. The van der Waals surface area contributed by atoms with Crippen molar-refractivity contribution in [3.8, 4) is 0 Å². The molecular formula is C12H17N3OS. The topological polar surface area (TPSA) is 59.2 Å². The lowest BCUT2D eigenvalue weighted by atomic mass is 10.2. The Kier molecular flexibility index (Phi) is 3.57. The zero-order valence-corrected chi connectivity index (χ0v) is 10.9. The van der Waals surface area contributed by atoms with E-state index in [1.807, 2.05) is 16.7 Å². The summed E-state index contributed by atoms with van der Waals surface area (Å²) in [6.45, 7) is 5.91. The van der Waals surface area contributed by atoms with Crippen molar-refractivity contribution >= 4 is 23.5 Å². The van der Waals surface area contributed by atoms with Crippen molar-refractivity contribution in [3.63, 3.8) is 0 Å². The molecule has 0 saturated carbocycles. The second-order valence-corrected chi connectivity index (χ2v) is 6.32. The van der Waals surface area contributed by atoms with E-state index in [4.69, 9.17) is 5.73 Å². The van der Waals surface area contributed by atoms with Gasteiger partial charge in [-0.15, -0.1) is 0 Å². The molecule has 1 aromatic heterocycles. The summed E-state index contributed by atoms with van der Waals surface area (Å²) in [6, 6.07) is 3.36. The van der Waals surface area contributed by atoms with Crippen molar-refractivity contribution in [2.75, 3.05) is 18.8 Å². The predicted octanol–water partition coefficient (Wildman–Crippen LogP) is 1.63. The first-order valence-electron chi connectivity index (χ1n) is 5.72. The van der Waals surface area contributed by atoms with Crippen LogP contribution in [0.2, 0.25) is 0 Å². The van der Waals surface area contributed by atoms with Crippen LogP contribution in [0.1, 0.15) is 24.2 Å². The van der Waals surface area contributed by atoms with E-state index < -0.39 is 0 Å². The van der Waals surface area contributed by atoms with Gasteiger partial charge in [0.15, 0.2) is 0 Å². The second-order valence-electron chi connectivity index (χ2n) is 4.44. The number of amides is 1. The number of rotatable bonds is 1. The zero-order chi connectivity index (χ0) is 12.4. The molecule has 2 rings (SSSR count). The first-order chi connectivity index (χ1) is 8.06. The minimum atomic E-state index is 0.0538. The fraction of sp³-hybridized carbons (Fsp3) is 0.500. The molecule has 1 aliphatic heterocycles. The number of hydrogen-bond acceptors (Lipinski definition) is 4. The van der Waals surface area contributed by atoms with Gasteiger partial charge in [0.05, 0.1) is 0 Å². The maximum atomic E-state index is 12.3. The molecule has 2 atom stereocenters. The van der Waals surface area contributed by atoms with Crippen LogP contribution in [0.15, 0.2) is 18.3 Å². The number of nitrogens with zero attached hydrogens (tertiary/aromatic N) is 2. The molecule has 17 heavy (non-hydrogen) atoms. The summed E-state index contributed by atoms with van der Waals surface area (Å²) in [7, 11) is 0. The Balaban J connectivity index is 2.14. The van der Waals surface area contributed by atoms with Crippen LogP contribution in [0.25, 0.3) is 0 Å². The lowest BCUT2D eigenvalue weighted by Gasteiger charge is -2.34. The normalized spacial score (nSPS) is 24.7. The van der Waals surface area contributed by atoms with Gasteiger partial charge >= 0.3 is 0 Å². The number of carbonyl (C=O) groups excluding carboxylic acids is 1. The van der Waals surface area contributed by atoms with Crippen LogP contribution in [-0.2, 0) is 0 Å². The third-order valence-electron chi connectivity index (χ3n) is 2.73. The predicted molar refractivity (Wildman–Crippen MR) is 71.1 cm³/mol. The highest BCUT2D eigenvalue weighted by Gasteiger charge is 2.26. The zero-order valence-electron chi connectivity index (χ0n) is 10.1. The summed E-state index contributed by atoms with van der Waals surface area (Å²) in [5.41, 5.74) is 6.22. The molecule has 2 unspecified atom stereocenters. The van der Waals surface area contributed by atoms with Gasteiger partial charge in [-0.25, -0.2) is 4.98 Å². The number of aromatic nitrogens is 1. The van der Waals surface area contributed by atoms with Crippen LogP contribution in [0.5, 0.6) is 0 Å². The molecule has 1 aromatic rings. The highest BCUT2D eigenvalue weighted by atomic mass is 32.2. The summed E-state index contributed by atoms with van der Waals surface area (Å²) in [5, 5.41) is 0.976. The molecule has 0 aliphatic carbocycles. The van der Waals surface area contributed by atoms with E-state index in [0.717, 1.165) is 13.1 Å². The standard InChI is InChI=1S/C12H17N3OS/c1-8-6-15(7-9(2)17-8)12(16)10-3-4-14-11(13)5-10/h3-5,8-9H,6-7H2,1-2H3,(H2,13,14). The average Bonchev–Trinajstić information content (AvgIpc) is 2.26. The lowest BCUT2D eigenvalue weighted by molar-refractivity contribution is 0.0753. The van der Waals surface area contributed by atoms with E-state index in [-0.39, 0.29) is 5.91 Å². The van der Waals surface area contributed by atoms with Crippen molar-refractivity contribution in [3.05, 3.63) is 23.9 Å². The number of nitrogen functional groups attached to an aromatic ring is 1. The molecule has 1 fully saturated rings. The largest absolute Gasteiger partial charge is 0.384 e. The first-order valence-corrected chi connectivity index (χ1v) is 6.67. The van der Waals surface area contributed by atoms with Gasteiger partial charge in [0.2, 0.25) is 0 Å². The number of pyridine rings is 1. The highest BCUT2D eigenvalue weighted by molar-refractivity contribution is 8.00. The van der Waals surface area contributed by atoms with Crippen molar-refractivity contribution in [2.24, 2.45) is 0 Å². The van der Waals surface area contributed by atoms with E-state index >= 15 is 0 Å². The summed E-state index contributed by atoms with van der Waals surface area (Å²) < 4.78 is 0. The van der Waals surface area contributed by atoms with Crippen molar-refractivity contribution in [1.29, 1.82) is 0 Å². The molecule has 0 spiro atoms. The molecular weight excluding hydrogens is 234 g/mol. The highest BCUT2D eigenvalue weighted by Crippen LogP contribution is 2.25. The lowest BCUT2D eigenvalue weighted by Crippen LogP contribution is -2.44. The molecule has 5 heteroatoms. The Morgan fingerprint density at radius 2 is 2.12 bits per heavy atom. The van der Waals surface area contributed by atoms with Gasteiger partial charge in [-0.05, 0) is 12.1 Å². The molecule has 0 bridgehead atoms. The molecule has 92 valence electrons. The second kappa shape index (κ2) is 4.96. The van der Waals surface area contributed by atoms with Crippen LogP contribution in [-0.4, -0.2) is 39.4 Å². The van der Waals surface area contributed by atoms with Crippen molar-refractivity contribution in [1.82, 2.24) is 9.88 Å². The quantitative estimate of drug-likeness (QED) is 0.824. The summed E-state index contributed by atoms with van der Waals surface area (Å²) >= 11 is 1.93. The van der Waals surface area contributed by atoms with Gasteiger partial charge in [-0.1, -0.05) is 13.8 Å². The van der Waals surface area contributed by atoms with Crippen LogP contribution < -0.4 is 5.73 Å². The fourth-order valence-corrected chi connectivity index (χ4v) is 3.43. The van der Waals surface area contributed by atoms with Gasteiger partial charge in [-0.3, -0.25) is 4.79 Å². The molecule has 0 radical (unpaired) electrons. The monoisotopic (exact) mass is 251 g/mol. The van der Waals surface area contributed by atoms with Gasteiger partial charge in [-0.2, -0.15) is 11.8 Å². The molecule has 2 heterocycles. The van der Waals surface area contributed by atoms with Crippen LogP contribution in [0, 0.1) is 0 Å². The van der Waals surface area contributed by atoms with Gasteiger partial charge in [0.1, 0.15) is 5.82 Å². The number of nitrogens with two attached hydrogens (primary N) is 1. The van der Waals surface area contributed by atoms with Gasteiger partial charge < -0.3 is 10.6 Å². The Morgan fingerprint density at radius 3 is 2.71 bits per heavy atom. The Bertz CT molecular complexity index is 414. The molecule has 1 saturated heterocycles. The molecule has 1 aliphatic rings. The Labute approximate surface area is 106 Å². The molecule has 0 aromatic carbocycles. The number of hydrogen-bond donors (Lipinski definition) is 1.